The molecule has 2 fully saturated rings. The van der Waals surface area contributed by atoms with E-state index in [2.05, 4.69) is 36.1 Å². The van der Waals surface area contributed by atoms with Crippen molar-refractivity contribution in [2.24, 2.45) is 0 Å². The van der Waals surface area contributed by atoms with Crippen LogP contribution in [0.15, 0.2) is 48.5 Å². The van der Waals surface area contributed by atoms with Gasteiger partial charge in [0, 0.05) is 13.1 Å². The van der Waals surface area contributed by atoms with Gasteiger partial charge in [-0.25, -0.2) is 0 Å². The van der Waals surface area contributed by atoms with E-state index in [0.29, 0.717) is 24.7 Å². The largest absolute Gasteiger partial charge is 0.429 e. The summed E-state index contributed by atoms with van der Waals surface area (Å²) in [5.74, 6) is 1.35. The number of aryl methyl sites for hydroxylation is 1. The SMILES string of the molecule is Cc1ccc(CN2CC[C@@H](N3CCC(c4ccc(OC=O)cc4)CC3)C2=O)cc1. The quantitative estimate of drug-likeness (QED) is 0.706. The van der Waals surface area contributed by atoms with Crippen molar-refractivity contribution in [3.63, 3.8) is 0 Å². The molecule has 0 radical (unpaired) electrons. The number of rotatable bonds is 6. The molecule has 2 aliphatic heterocycles. The number of carbonyl (C=O) groups is 2. The molecule has 0 spiro atoms. The third kappa shape index (κ3) is 4.51. The Kier molecular flexibility index (Phi) is 5.95. The number of likely N-dealkylation sites (tertiary alicyclic amines) is 2. The van der Waals surface area contributed by atoms with Crippen LogP contribution in [0.5, 0.6) is 5.75 Å². The van der Waals surface area contributed by atoms with Crippen LogP contribution in [-0.4, -0.2) is 47.9 Å². The lowest BCUT2D eigenvalue weighted by Gasteiger charge is -2.35. The Balaban J connectivity index is 1.31. The molecule has 29 heavy (non-hydrogen) atoms. The van der Waals surface area contributed by atoms with E-state index >= 15 is 0 Å². The zero-order chi connectivity index (χ0) is 20.2. The zero-order valence-corrected chi connectivity index (χ0v) is 16.9. The maximum absolute atomic E-state index is 13.0. The van der Waals surface area contributed by atoms with Crippen LogP contribution in [0.2, 0.25) is 0 Å². The van der Waals surface area contributed by atoms with Gasteiger partial charge >= 0.3 is 0 Å². The number of hydrogen-bond donors (Lipinski definition) is 0. The van der Waals surface area contributed by atoms with Crippen molar-refractivity contribution in [2.45, 2.75) is 44.7 Å². The Morgan fingerprint density at radius 2 is 1.66 bits per heavy atom. The van der Waals surface area contributed by atoms with E-state index in [9.17, 15) is 9.59 Å². The minimum atomic E-state index is 0.0322. The first-order valence-corrected chi connectivity index (χ1v) is 10.4. The van der Waals surface area contributed by atoms with Gasteiger partial charge in [0.15, 0.2) is 0 Å². The maximum Gasteiger partial charge on any atom is 0.298 e. The summed E-state index contributed by atoms with van der Waals surface area (Å²) in [5, 5.41) is 0. The molecule has 0 aliphatic carbocycles. The number of carbonyl (C=O) groups excluding carboxylic acids is 2. The summed E-state index contributed by atoms with van der Waals surface area (Å²) in [6.45, 7) is 5.99. The zero-order valence-electron chi connectivity index (χ0n) is 16.9. The second-order valence-corrected chi connectivity index (χ2v) is 8.14. The Labute approximate surface area is 172 Å². The van der Waals surface area contributed by atoms with Crippen molar-refractivity contribution in [3.8, 4) is 5.75 Å². The Morgan fingerprint density at radius 1 is 0.966 bits per heavy atom. The summed E-state index contributed by atoms with van der Waals surface area (Å²) >= 11 is 0. The molecule has 2 saturated heterocycles. The summed E-state index contributed by atoms with van der Waals surface area (Å²) in [7, 11) is 0. The molecule has 2 aromatic carbocycles. The third-order valence-corrected chi connectivity index (χ3v) is 6.27. The molecular weight excluding hydrogens is 364 g/mol. The molecule has 0 bridgehead atoms. The van der Waals surface area contributed by atoms with Gasteiger partial charge in [0.25, 0.3) is 6.47 Å². The Bertz CT molecular complexity index is 839. The van der Waals surface area contributed by atoms with E-state index < -0.39 is 0 Å². The normalized spacial score (nSPS) is 20.8. The van der Waals surface area contributed by atoms with E-state index in [-0.39, 0.29) is 11.9 Å². The lowest BCUT2D eigenvalue weighted by atomic mass is 9.89. The van der Waals surface area contributed by atoms with Crippen LogP contribution in [0, 0.1) is 6.92 Å². The summed E-state index contributed by atoms with van der Waals surface area (Å²) in [5.41, 5.74) is 3.72. The fourth-order valence-electron chi connectivity index (χ4n) is 4.55. The molecule has 5 nitrogen and oxygen atoms in total. The maximum atomic E-state index is 13.0. The molecule has 2 aliphatic rings. The lowest BCUT2D eigenvalue weighted by Crippen LogP contribution is -2.45. The van der Waals surface area contributed by atoms with Gasteiger partial charge in [-0.2, -0.15) is 0 Å². The topological polar surface area (TPSA) is 49.9 Å². The predicted octanol–water partition coefficient (Wildman–Crippen LogP) is 3.51. The van der Waals surface area contributed by atoms with Gasteiger partial charge in [-0.05, 0) is 68.5 Å². The van der Waals surface area contributed by atoms with Crippen molar-refractivity contribution >= 4 is 12.4 Å². The highest BCUT2D eigenvalue weighted by Crippen LogP contribution is 2.31. The number of benzene rings is 2. The highest BCUT2D eigenvalue weighted by atomic mass is 16.5. The Hall–Kier alpha value is -2.66. The summed E-state index contributed by atoms with van der Waals surface area (Å²) in [6, 6.07) is 16.3. The Morgan fingerprint density at radius 3 is 2.31 bits per heavy atom. The van der Waals surface area contributed by atoms with Crippen molar-refractivity contribution in [1.29, 1.82) is 0 Å². The lowest BCUT2D eigenvalue weighted by molar-refractivity contribution is -0.133. The van der Waals surface area contributed by atoms with Crippen molar-refractivity contribution < 1.29 is 14.3 Å². The van der Waals surface area contributed by atoms with E-state index in [1.165, 1.54) is 16.7 Å². The van der Waals surface area contributed by atoms with Crippen LogP contribution in [0.1, 0.15) is 41.9 Å². The van der Waals surface area contributed by atoms with Crippen LogP contribution in [0.4, 0.5) is 0 Å². The van der Waals surface area contributed by atoms with E-state index in [4.69, 9.17) is 4.74 Å². The fraction of sp³-hybridized carbons (Fsp3) is 0.417. The highest BCUT2D eigenvalue weighted by Gasteiger charge is 2.37. The molecule has 0 aromatic heterocycles. The van der Waals surface area contributed by atoms with E-state index in [1.807, 2.05) is 29.2 Å². The first kappa shape index (κ1) is 19.6. The molecule has 4 rings (SSSR count). The molecule has 0 N–H and O–H groups in total. The molecule has 2 aromatic rings. The number of amides is 1. The third-order valence-electron chi connectivity index (χ3n) is 6.27. The summed E-state index contributed by atoms with van der Waals surface area (Å²) in [6.07, 6.45) is 3.03. The van der Waals surface area contributed by atoms with Crippen molar-refractivity contribution in [3.05, 3.63) is 65.2 Å². The molecule has 1 atom stereocenters. The number of piperidine rings is 1. The summed E-state index contributed by atoms with van der Waals surface area (Å²) in [4.78, 5) is 27.8. The second kappa shape index (κ2) is 8.78. The smallest absolute Gasteiger partial charge is 0.298 e. The van der Waals surface area contributed by atoms with Gasteiger partial charge in [0.05, 0.1) is 6.04 Å². The molecule has 152 valence electrons. The highest BCUT2D eigenvalue weighted by molar-refractivity contribution is 5.84. The van der Waals surface area contributed by atoms with E-state index in [0.717, 1.165) is 38.9 Å². The molecular formula is C24H28N2O3. The van der Waals surface area contributed by atoms with Gasteiger partial charge in [-0.3, -0.25) is 14.5 Å². The molecule has 5 heteroatoms. The second-order valence-electron chi connectivity index (χ2n) is 8.14. The molecule has 1 amide bonds. The monoisotopic (exact) mass is 392 g/mol. The number of hydrogen-bond acceptors (Lipinski definition) is 4. The van der Waals surface area contributed by atoms with Crippen LogP contribution in [0.25, 0.3) is 0 Å². The number of ether oxygens (including phenoxy) is 1. The van der Waals surface area contributed by atoms with Gasteiger partial charge < -0.3 is 9.64 Å². The minimum Gasteiger partial charge on any atom is -0.429 e. The van der Waals surface area contributed by atoms with Crippen molar-refractivity contribution in [2.75, 3.05) is 19.6 Å². The summed E-state index contributed by atoms with van der Waals surface area (Å²) < 4.78 is 4.87. The van der Waals surface area contributed by atoms with Gasteiger partial charge in [0.1, 0.15) is 5.75 Å². The average Bonchev–Trinajstić information content (AvgIpc) is 3.11. The standard InChI is InChI=1S/C24H28N2O3/c1-18-2-4-19(5-3-18)16-26-15-12-23(24(26)28)25-13-10-21(11-14-25)20-6-8-22(9-7-20)29-17-27/h2-9,17,21,23H,10-16H2,1H3/t23-/m1/s1. The van der Waals surface area contributed by atoms with E-state index in [1.54, 1.807) is 0 Å². The minimum absolute atomic E-state index is 0.0322. The van der Waals surface area contributed by atoms with Crippen LogP contribution < -0.4 is 4.74 Å². The molecule has 0 saturated carbocycles. The molecule has 0 unspecified atom stereocenters. The first-order valence-electron chi connectivity index (χ1n) is 10.4. The van der Waals surface area contributed by atoms with Gasteiger partial charge in [0.2, 0.25) is 5.91 Å². The van der Waals surface area contributed by atoms with Crippen molar-refractivity contribution in [1.82, 2.24) is 9.80 Å². The average molecular weight is 392 g/mol. The fourth-order valence-corrected chi connectivity index (χ4v) is 4.55. The predicted molar refractivity (Wildman–Crippen MR) is 112 cm³/mol. The molecule has 2 heterocycles. The van der Waals surface area contributed by atoms with Gasteiger partial charge in [-0.1, -0.05) is 42.0 Å². The van der Waals surface area contributed by atoms with Crippen LogP contribution in [-0.2, 0) is 16.1 Å². The van der Waals surface area contributed by atoms with Crippen LogP contribution in [0.3, 0.4) is 0 Å². The first-order chi connectivity index (χ1) is 14.1. The number of nitrogens with zero attached hydrogens (tertiary/aromatic N) is 2. The van der Waals surface area contributed by atoms with Crippen LogP contribution >= 0.6 is 0 Å². The van der Waals surface area contributed by atoms with Gasteiger partial charge in [-0.15, -0.1) is 0 Å².